The maximum atomic E-state index is 12.1. The summed E-state index contributed by atoms with van der Waals surface area (Å²) in [5.74, 6) is 1.25. The zero-order chi connectivity index (χ0) is 14.0. The van der Waals surface area contributed by atoms with Gasteiger partial charge in [-0.1, -0.05) is 12.1 Å². The Kier molecular flexibility index (Phi) is 3.60. The van der Waals surface area contributed by atoms with Crippen molar-refractivity contribution in [2.24, 2.45) is 0 Å². The topological polar surface area (TPSA) is 68.3 Å². The first kappa shape index (κ1) is 13.2. The predicted molar refractivity (Wildman–Crippen MR) is 74.9 cm³/mol. The van der Waals surface area contributed by atoms with Gasteiger partial charge in [0.15, 0.2) is 0 Å². The lowest BCUT2D eigenvalue weighted by Gasteiger charge is -2.14. The molecule has 0 bridgehead atoms. The third kappa shape index (κ3) is 2.96. The van der Waals surface area contributed by atoms with Crippen molar-refractivity contribution in [2.75, 3.05) is 5.73 Å². The van der Waals surface area contributed by atoms with Crippen LogP contribution in [0.3, 0.4) is 0 Å². The Hall–Kier alpha value is -2.23. The summed E-state index contributed by atoms with van der Waals surface area (Å²) < 4.78 is 5.36. The monoisotopic (exact) mass is 258 g/mol. The van der Waals surface area contributed by atoms with Crippen LogP contribution in [-0.2, 0) is 0 Å². The number of rotatable bonds is 3. The second-order valence-electron chi connectivity index (χ2n) is 4.69. The van der Waals surface area contributed by atoms with Gasteiger partial charge >= 0.3 is 0 Å². The molecule has 4 heteroatoms. The number of furan rings is 1. The van der Waals surface area contributed by atoms with Crippen LogP contribution >= 0.6 is 0 Å². The number of nitrogen functional groups attached to an aromatic ring is 1. The average molecular weight is 258 g/mol. The summed E-state index contributed by atoms with van der Waals surface area (Å²) in [4.78, 5) is 12.1. The van der Waals surface area contributed by atoms with Crippen LogP contribution in [0, 0.1) is 13.8 Å². The van der Waals surface area contributed by atoms with Crippen LogP contribution in [0.1, 0.15) is 40.4 Å². The van der Waals surface area contributed by atoms with Gasteiger partial charge in [0.25, 0.3) is 5.91 Å². The molecular formula is C15H18N2O2. The minimum absolute atomic E-state index is 0.0808. The van der Waals surface area contributed by atoms with E-state index in [-0.39, 0.29) is 11.9 Å². The molecule has 1 aromatic carbocycles. The number of anilines is 1. The van der Waals surface area contributed by atoms with E-state index in [1.165, 1.54) is 0 Å². The van der Waals surface area contributed by atoms with E-state index in [0.29, 0.717) is 17.0 Å². The highest BCUT2D eigenvalue weighted by Crippen LogP contribution is 2.17. The van der Waals surface area contributed by atoms with Crippen molar-refractivity contribution >= 4 is 11.6 Å². The Morgan fingerprint density at radius 1 is 1.26 bits per heavy atom. The molecule has 1 heterocycles. The first-order valence-corrected chi connectivity index (χ1v) is 6.20. The molecule has 0 aliphatic heterocycles. The molecule has 1 amide bonds. The van der Waals surface area contributed by atoms with Crippen LogP contribution < -0.4 is 11.1 Å². The maximum absolute atomic E-state index is 12.1. The number of amides is 1. The molecule has 0 radical (unpaired) electrons. The number of hydrogen-bond donors (Lipinski definition) is 2. The summed E-state index contributed by atoms with van der Waals surface area (Å²) >= 11 is 0. The van der Waals surface area contributed by atoms with Gasteiger partial charge in [0.1, 0.15) is 11.5 Å². The molecule has 0 fully saturated rings. The lowest BCUT2D eigenvalue weighted by Crippen LogP contribution is -2.26. The quantitative estimate of drug-likeness (QED) is 0.832. The van der Waals surface area contributed by atoms with Gasteiger partial charge in [-0.2, -0.15) is 0 Å². The highest BCUT2D eigenvalue weighted by Gasteiger charge is 2.16. The highest BCUT2D eigenvalue weighted by molar-refractivity contribution is 5.95. The van der Waals surface area contributed by atoms with E-state index in [0.717, 1.165) is 11.3 Å². The van der Waals surface area contributed by atoms with Crippen LogP contribution in [-0.4, -0.2) is 5.91 Å². The van der Waals surface area contributed by atoms with Crippen molar-refractivity contribution in [2.45, 2.75) is 26.8 Å². The Morgan fingerprint density at radius 3 is 2.42 bits per heavy atom. The summed E-state index contributed by atoms with van der Waals surface area (Å²) in [5, 5.41) is 2.95. The van der Waals surface area contributed by atoms with Crippen molar-refractivity contribution in [3.63, 3.8) is 0 Å². The molecule has 19 heavy (non-hydrogen) atoms. The molecule has 0 aliphatic rings. The Morgan fingerprint density at radius 2 is 1.89 bits per heavy atom. The van der Waals surface area contributed by atoms with Gasteiger partial charge in [-0.15, -0.1) is 0 Å². The van der Waals surface area contributed by atoms with E-state index in [4.69, 9.17) is 10.2 Å². The van der Waals surface area contributed by atoms with Crippen LogP contribution in [0.15, 0.2) is 34.7 Å². The molecule has 0 spiro atoms. The number of nitrogens with one attached hydrogen (secondary N) is 1. The molecular weight excluding hydrogens is 240 g/mol. The van der Waals surface area contributed by atoms with E-state index >= 15 is 0 Å². The fourth-order valence-electron chi connectivity index (χ4n) is 2.00. The number of hydrogen-bond acceptors (Lipinski definition) is 3. The fourth-order valence-corrected chi connectivity index (χ4v) is 2.00. The Balaban J connectivity index is 2.10. The fraction of sp³-hybridized carbons (Fsp3) is 0.267. The van der Waals surface area contributed by atoms with Crippen molar-refractivity contribution in [1.82, 2.24) is 5.32 Å². The normalized spacial score (nSPS) is 12.2. The largest absolute Gasteiger partial charge is 0.466 e. The first-order valence-electron chi connectivity index (χ1n) is 6.20. The molecule has 2 aromatic rings. The lowest BCUT2D eigenvalue weighted by atomic mass is 10.1. The summed E-state index contributed by atoms with van der Waals surface area (Å²) in [6.07, 6.45) is 0. The number of benzene rings is 1. The van der Waals surface area contributed by atoms with Gasteiger partial charge < -0.3 is 15.5 Å². The highest BCUT2D eigenvalue weighted by atomic mass is 16.3. The number of carbonyl (C=O) groups is 1. The van der Waals surface area contributed by atoms with E-state index < -0.39 is 0 Å². The lowest BCUT2D eigenvalue weighted by molar-refractivity contribution is 0.0938. The molecule has 2 rings (SSSR count). The van der Waals surface area contributed by atoms with E-state index in [1.807, 2.05) is 38.1 Å². The number of aryl methyl sites for hydroxylation is 2. The maximum Gasteiger partial charge on any atom is 0.255 e. The van der Waals surface area contributed by atoms with Crippen LogP contribution in [0.4, 0.5) is 5.69 Å². The number of carbonyl (C=O) groups excluding carboxylic acids is 1. The van der Waals surface area contributed by atoms with E-state index in [2.05, 4.69) is 5.32 Å². The average Bonchev–Trinajstić information content (AvgIpc) is 2.69. The second-order valence-corrected chi connectivity index (χ2v) is 4.69. The zero-order valence-corrected chi connectivity index (χ0v) is 11.4. The summed E-state index contributed by atoms with van der Waals surface area (Å²) in [7, 11) is 0. The third-order valence-electron chi connectivity index (χ3n) is 3.07. The van der Waals surface area contributed by atoms with Gasteiger partial charge in [-0.3, -0.25) is 4.79 Å². The SMILES string of the molecule is Cc1cc(C(=O)NC(C)c2ccc(N)cc2)c(C)o1. The van der Waals surface area contributed by atoms with Crippen molar-refractivity contribution < 1.29 is 9.21 Å². The van der Waals surface area contributed by atoms with Gasteiger partial charge in [0, 0.05) is 5.69 Å². The van der Waals surface area contributed by atoms with Crippen molar-refractivity contribution in [3.8, 4) is 0 Å². The second kappa shape index (κ2) is 5.18. The van der Waals surface area contributed by atoms with Crippen molar-refractivity contribution in [3.05, 3.63) is 53.0 Å². The van der Waals surface area contributed by atoms with Crippen LogP contribution in [0.25, 0.3) is 0 Å². The minimum Gasteiger partial charge on any atom is -0.466 e. The number of nitrogens with two attached hydrogens (primary N) is 1. The standard InChI is InChI=1S/C15H18N2O2/c1-9-8-14(11(3)19-9)15(18)17-10(2)12-4-6-13(16)7-5-12/h4-8,10H,16H2,1-3H3,(H,17,18). The van der Waals surface area contributed by atoms with Crippen LogP contribution in [0.2, 0.25) is 0 Å². The molecule has 0 saturated carbocycles. The van der Waals surface area contributed by atoms with Gasteiger partial charge in [-0.05, 0) is 44.5 Å². The Bertz CT molecular complexity index is 585. The van der Waals surface area contributed by atoms with E-state index in [9.17, 15) is 4.79 Å². The summed E-state index contributed by atoms with van der Waals surface area (Å²) in [5.41, 5.74) is 7.95. The van der Waals surface area contributed by atoms with Gasteiger partial charge in [-0.25, -0.2) is 0 Å². The predicted octanol–water partition coefficient (Wildman–Crippen LogP) is 2.97. The molecule has 3 N–H and O–H groups in total. The molecule has 1 unspecified atom stereocenters. The molecule has 0 aliphatic carbocycles. The van der Waals surface area contributed by atoms with Gasteiger partial charge in [0.05, 0.1) is 11.6 Å². The van der Waals surface area contributed by atoms with E-state index in [1.54, 1.807) is 13.0 Å². The molecule has 1 atom stereocenters. The van der Waals surface area contributed by atoms with Gasteiger partial charge in [0.2, 0.25) is 0 Å². The Labute approximate surface area is 112 Å². The summed E-state index contributed by atoms with van der Waals surface area (Å²) in [6.45, 7) is 5.55. The first-order chi connectivity index (χ1) is 8.97. The molecule has 4 nitrogen and oxygen atoms in total. The molecule has 1 aromatic heterocycles. The third-order valence-corrected chi connectivity index (χ3v) is 3.07. The van der Waals surface area contributed by atoms with Crippen LogP contribution in [0.5, 0.6) is 0 Å². The smallest absolute Gasteiger partial charge is 0.255 e. The molecule has 0 saturated heterocycles. The molecule has 100 valence electrons. The van der Waals surface area contributed by atoms with Crippen molar-refractivity contribution in [1.29, 1.82) is 0 Å². The minimum atomic E-state index is -0.126. The summed E-state index contributed by atoms with van der Waals surface area (Å²) in [6, 6.07) is 9.14. The zero-order valence-electron chi connectivity index (χ0n) is 11.4.